The van der Waals surface area contributed by atoms with E-state index in [1.807, 2.05) is 31.2 Å². The maximum Gasteiger partial charge on any atom is 0.307 e. The van der Waals surface area contributed by atoms with E-state index in [4.69, 9.17) is 0 Å². The van der Waals surface area contributed by atoms with E-state index in [0.29, 0.717) is 13.1 Å². The summed E-state index contributed by atoms with van der Waals surface area (Å²) < 4.78 is 5.50. The SMILES string of the molecule is CCN(CCC(=O)OC)C(=O)/C=C/c1ccccc1Br. The monoisotopic (exact) mass is 339 g/mol. The van der Waals surface area contributed by atoms with Crippen molar-refractivity contribution in [3.8, 4) is 0 Å². The Morgan fingerprint density at radius 3 is 2.65 bits per heavy atom. The van der Waals surface area contributed by atoms with Gasteiger partial charge >= 0.3 is 5.97 Å². The van der Waals surface area contributed by atoms with Crippen LogP contribution in [0.4, 0.5) is 0 Å². The summed E-state index contributed by atoms with van der Waals surface area (Å²) in [5.41, 5.74) is 0.935. The van der Waals surface area contributed by atoms with Crippen molar-refractivity contribution in [1.82, 2.24) is 4.90 Å². The van der Waals surface area contributed by atoms with Crippen LogP contribution in [-0.2, 0) is 14.3 Å². The van der Waals surface area contributed by atoms with Crippen LogP contribution >= 0.6 is 15.9 Å². The number of methoxy groups -OCH3 is 1. The molecule has 0 unspecified atom stereocenters. The van der Waals surface area contributed by atoms with Crippen LogP contribution in [0.25, 0.3) is 6.08 Å². The zero-order valence-electron chi connectivity index (χ0n) is 11.6. The molecule has 5 heteroatoms. The van der Waals surface area contributed by atoms with Crippen LogP contribution in [0.15, 0.2) is 34.8 Å². The van der Waals surface area contributed by atoms with E-state index in [1.54, 1.807) is 11.0 Å². The first-order valence-corrected chi connectivity index (χ1v) is 7.16. The minimum Gasteiger partial charge on any atom is -0.469 e. The number of hydrogen-bond acceptors (Lipinski definition) is 3. The lowest BCUT2D eigenvalue weighted by Crippen LogP contribution is -2.31. The molecule has 4 nitrogen and oxygen atoms in total. The van der Waals surface area contributed by atoms with Gasteiger partial charge in [0, 0.05) is 23.6 Å². The summed E-state index contributed by atoms with van der Waals surface area (Å²) in [6, 6.07) is 7.65. The maximum atomic E-state index is 12.0. The summed E-state index contributed by atoms with van der Waals surface area (Å²) in [6.07, 6.45) is 3.48. The van der Waals surface area contributed by atoms with E-state index in [2.05, 4.69) is 20.7 Å². The number of rotatable bonds is 6. The number of carbonyl (C=O) groups excluding carboxylic acids is 2. The lowest BCUT2D eigenvalue weighted by atomic mass is 10.2. The molecule has 1 rings (SSSR count). The Kier molecular flexibility index (Phi) is 7.01. The number of nitrogens with zero attached hydrogens (tertiary/aromatic N) is 1. The predicted octanol–water partition coefficient (Wildman–Crippen LogP) is 2.87. The molecule has 1 aromatic carbocycles. The average molecular weight is 340 g/mol. The minimum atomic E-state index is -0.314. The van der Waals surface area contributed by atoms with Crippen molar-refractivity contribution in [1.29, 1.82) is 0 Å². The largest absolute Gasteiger partial charge is 0.469 e. The number of benzene rings is 1. The van der Waals surface area contributed by atoms with E-state index in [9.17, 15) is 9.59 Å². The molecule has 0 heterocycles. The lowest BCUT2D eigenvalue weighted by Gasteiger charge is -2.18. The summed E-state index contributed by atoms with van der Waals surface area (Å²) in [5, 5.41) is 0. The highest BCUT2D eigenvalue weighted by molar-refractivity contribution is 9.10. The van der Waals surface area contributed by atoms with Gasteiger partial charge in [0.2, 0.25) is 5.91 Å². The van der Waals surface area contributed by atoms with Crippen LogP contribution in [0.3, 0.4) is 0 Å². The van der Waals surface area contributed by atoms with Crippen LogP contribution in [-0.4, -0.2) is 37.0 Å². The summed E-state index contributed by atoms with van der Waals surface area (Å²) in [7, 11) is 1.34. The number of esters is 1. The fraction of sp³-hybridized carbons (Fsp3) is 0.333. The Morgan fingerprint density at radius 1 is 1.35 bits per heavy atom. The Labute approximate surface area is 127 Å². The quantitative estimate of drug-likeness (QED) is 0.591. The van der Waals surface area contributed by atoms with Crippen molar-refractivity contribution in [2.75, 3.05) is 20.2 Å². The molecule has 0 spiro atoms. The van der Waals surface area contributed by atoms with Crippen LogP contribution < -0.4 is 0 Å². The third-order valence-electron chi connectivity index (χ3n) is 2.82. The molecule has 0 bridgehead atoms. The molecule has 0 saturated carbocycles. The molecule has 0 radical (unpaired) electrons. The van der Waals surface area contributed by atoms with Gasteiger partial charge in [0.15, 0.2) is 0 Å². The van der Waals surface area contributed by atoms with Gasteiger partial charge in [-0.1, -0.05) is 34.1 Å². The van der Waals surface area contributed by atoms with Gasteiger partial charge in [-0.15, -0.1) is 0 Å². The van der Waals surface area contributed by atoms with Gasteiger partial charge in [0.1, 0.15) is 0 Å². The topological polar surface area (TPSA) is 46.6 Å². The normalized spacial score (nSPS) is 10.6. The van der Waals surface area contributed by atoms with Gasteiger partial charge in [0.05, 0.1) is 13.5 Å². The van der Waals surface area contributed by atoms with E-state index < -0.39 is 0 Å². The van der Waals surface area contributed by atoms with Crippen molar-refractivity contribution in [2.45, 2.75) is 13.3 Å². The summed E-state index contributed by atoms with van der Waals surface area (Å²) in [6.45, 7) is 2.79. The number of ether oxygens (including phenoxy) is 1. The smallest absolute Gasteiger partial charge is 0.307 e. The van der Waals surface area contributed by atoms with Gasteiger partial charge in [0.25, 0.3) is 0 Å². The van der Waals surface area contributed by atoms with Crippen LogP contribution in [0.2, 0.25) is 0 Å². The van der Waals surface area contributed by atoms with E-state index in [0.717, 1.165) is 10.0 Å². The zero-order valence-corrected chi connectivity index (χ0v) is 13.2. The highest BCUT2D eigenvalue weighted by Crippen LogP contribution is 2.17. The molecule has 20 heavy (non-hydrogen) atoms. The van der Waals surface area contributed by atoms with Crippen LogP contribution in [0, 0.1) is 0 Å². The molecule has 0 aliphatic carbocycles. The van der Waals surface area contributed by atoms with Gasteiger partial charge in [-0.05, 0) is 24.6 Å². The van der Waals surface area contributed by atoms with Crippen molar-refractivity contribution in [3.63, 3.8) is 0 Å². The van der Waals surface area contributed by atoms with Gasteiger partial charge in [-0.25, -0.2) is 0 Å². The average Bonchev–Trinajstić information content (AvgIpc) is 2.46. The molecular weight excluding hydrogens is 322 g/mol. The van der Waals surface area contributed by atoms with Crippen molar-refractivity contribution < 1.29 is 14.3 Å². The second-order valence-corrected chi connectivity index (χ2v) is 4.95. The number of likely N-dealkylation sites (N-methyl/N-ethyl adjacent to an activating group) is 1. The number of hydrogen-bond donors (Lipinski definition) is 0. The van der Waals surface area contributed by atoms with E-state index in [-0.39, 0.29) is 18.3 Å². The van der Waals surface area contributed by atoms with Crippen molar-refractivity contribution >= 4 is 33.9 Å². The first-order valence-electron chi connectivity index (χ1n) is 6.36. The molecule has 0 aromatic heterocycles. The highest BCUT2D eigenvalue weighted by Gasteiger charge is 2.10. The summed E-state index contributed by atoms with van der Waals surface area (Å²) in [5.74, 6) is -0.432. The number of halogens is 1. The summed E-state index contributed by atoms with van der Waals surface area (Å²) in [4.78, 5) is 24.7. The van der Waals surface area contributed by atoms with E-state index >= 15 is 0 Å². The fourth-order valence-corrected chi connectivity index (χ4v) is 2.05. The molecule has 1 aromatic rings. The maximum absolute atomic E-state index is 12.0. The Hall–Kier alpha value is -1.62. The van der Waals surface area contributed by atoms with Gasteiger partial charge < -0.3 is 9.64 Å². The first-order chi connectivity index (χ1) is 9.58. The molecule has 1 amide bonds. The Balaban J connectivity index is 2.63. The molecule has 108 valence electrons. The van der Waals surface area contributed by atoms with Crippen molar-refractivity contribution in [2.24, 2.45) is 0 Å². The van der Waals surface area contributed by atoms with Crippen molar-refractivity contribution in [3.05, 3.63) is 40.4 Å². The molecule has 0 aliphatic heterocycles. The molecule has 0 aliphatic rings. The fourth-order valence-electron chi connectivity index (χ4n) is 1.63. The van der Waals surface area contributed by atoms with Crippen LogP contribution in [0.1, 0.15) is 18.9 Å². The van der Waals surface area contributed by atoms with Gasteiger partial charge in [-0.2, -0.15) is 0 Å². The minimum absolute atomic E-state index is 0.118. The Morgan fingerprint density at radius 2 is 2.05 bits per heavy atom. The van der Waals surface area contributed by atoms with Gasteiger partial charge in [-0.3, -0.25) is 9.59 Å². The van der Waals surface area contributed by atoms with Crippen LogP contribution in [0.5, 0.6) is 0 Å². The Bertz CT molecular complexity index is 500. The van der Waals surface area contributed by atoms with E-state index in [1.165, 1.54) is 13.2 Å². The molecule has 0 saturated heterocycles. The third-order valence-corrected chi connectivity index (χ3v) is 3.54. The second-order valence-electron chi connectivity index (χ2n) is 4.10. The highest BCUT2D eigenvalue weighted by atomic mass is 79.9. The third kappa shape index (κ3) is 5.17. The molecule has 0 atom stereocenters. The number of amides is 1. The predicted molar refractivity (Wildman–Crippen MR) is 82.1 cm³/mol. The molecular formula is C15H18BrNO3. The first kappa shape index (κ1) is 16.4. The second kappa shape index (κ2) is 8.53. The number of carbonyl (C=O) groups is 2. The lowest BCUT2D eigenvalue weighted by molar-refractivity contribution is -0.141. The standard InChI is InChI=1S/C15H18BrNO3/c1-3-17(11-10-15(19)20-2)14(18)9-8-12-6-4-5-7-13(12)16/h4-9H,3,10-11H2,1-2H3/b9-8+. The summed E-state index contributed by atoms with van der Waals surface area (Å²) >= 11 is 3.42. The molecule has 0 fully saturated rings. The molecule has 0 N–H and O–H groups in total. The zero-order chi connectivity index (χ0) is 15.0.